The van der Waals surface area contributed by atoms with Crippen molar-refractivity contribution in [3.63, 3.8) is 0 Å². The molecule has 0 N–H and O–H groups in total. The zero-order valence-corrected chi connectivity index (χ0v) is 50.0. The van der Waals surface area contributed by atoms with Crippen molar-refractivity contribution < 1.29 is 28.6 Å². The van der Waals surface area contributed by atoms with Gasteiger partial charge in [-0.2, -0.15) is 0 Å². The second kappa shape index (κ2) is 63.9. The van der Waals surface area contributed by atoms with E-state index in [2.05, 4.69) is 118 Å². The van der Waals surface area contributed by atoms with Gasteiger partial charge in [-0.25, -0.2) is 0 Å². The number of allylic oxidation sites excluding steroid dienone is 16. The largest absolute Gasteiger partial charge is 0.462 e. The van der Waals surface area contributed by atoms with E-state index in [1.165, 1.54) is 148 Å². The topological polar surface area (TPSA) is 78.9 Å². The lowest BCUT2D eigenvalue weighted by atomic mass is 10.0. The molecule has 1 unspecified atom stereocenters. The first-order valence-electron chi connectivity index (χ1n) is 32.2. The highest BCUT2D eigenvalue weighted by atomic mass is 16.6. The molecule has 0 amide bonds. The first-order chi connectivity index (χ1) is 37.5. The van der Waals surface area contributed by atoms with Gasteiger partial charge in [0.15, 0.2) is 6.10 Å². The normalized spacial score (nSPS) is 12.7. The summed E-state index contributed by atoms with van der Waals surface area (Å²) in [5.41, 5.74) is 0. The molecule has 0 aliphatic rings. The van der Waals surface area contributed by atoms with E-state index in [1.54, 1.807) is 0 Å². The molecule has 0 fully saturated rings. The van der Waals surface area contributed by atoms with Crippen LogP contribution in [0.15, 0.2) is 97.2 Å². The summed E-state index contributed by atoms with van der Waals surface area (Å²) in [4.78, 5) is 38.0. The lowest BCUT2D eigenvalue weighted by Gasteiger charge is -2.18. The van der Waals surface area contributed by atoms with Crippen molar-refractivity contribution in [3.05, 3.63) is 97.2 Å². The summed E-state index contributed by atoms with van der Waals surface area (Å²) in [7, 11) is 0. The van der Waals surface area contributed by atoms with E-state index < -0.39 is 6.10 Å². The molecule has 0 aliphatic heterocycles. The van der Waals surface area contributed by atoms with Gasteiger partial charge in [-0.15, -0.1) is 0 Å². The van der Waals surface area contributed by atoms with Crippen LogP contribution < -0.4 is 0 Å². The number of hydrogen-bond acceptors (Lipinski definition) is 6. The Morgan fingerprint density at radius 1 is 0.276 bits per heavy atom. The second-order valence-electron chi connectivity index (χ2n) is 21.3. The van der Waals surface area contributed by atoms with Crippen LogP contribution in [-0.4, -0.2) is 37.2 Å². The summed E-state index contributed by atoms with van der Waals surface area (Å²) in [5.74, 6) is -0.904. The lowest BCUT2D eigenvalue weighted by Crippen LogP contribution is -2.30. The van der Waals surface area contributed by atoms with E-state index in [0.29, 0.717) is 19.3 Å². The van der Waals surface area contributed by atoms with Gasteiger partial charge < -0.3 is 14.2 Å². The highest BCUT2D eigenvalue weighted by molar-refractivity contribution is 5.71. The van der Waals surface area contributed by atoms with Gasteiger partial charge in [-0.3, -0.25) is 14.4 Å². The van der Waals surface area contributed by atoms with Crippen molar-refractivity contribution in [3.8, 4) is 0 Å². The van der Waals surface area contributed by atoms with Crippen LogP contribution in [0.2, 0.25) is 0 Å². The average molecular weight is 1060 g/mol. The fourth-order valence-electron chi connectivity index (χ4n) is 9.01. The molecule has 1 atom stereocenters. The zero-order chi connectivity index (χ0) is 55.0. The van der Waals surface area contributed by atoms with Crippen molar-refractivity contribution >= 4 is 17.9 Å². The summed E-state index contributed by atoms with van der Waals surface area (Å²) in [6.45, 7) is 6.47. The number of carbonyl (C=O) groups is 3. The molecule has 0 saturated carbocycles. The number of rotatable bonds is 58. The Morgan fingerprint density at radius 3 is 0.816 bits per heavy atom. The van der Waals surface area contributed by atoms with Gasteiger partial charge in [0.25, 0.3) is 0 Å². The van der Waals surface area contributed by atoms with E-state index in [1.807, 2.05) is 0 Å². The summed E-state index contributed by atoms with van der Waals surface area (Å²) in [6.07, 6.45) is 85.9. The molecule has 6 heteroatoms. The Morgan fingerprint density at radius 2 is 0.513 bits per heavy atom. The molecule has 0 heterocycles. The fourth-order valence-corrected chi connectivity index (χ4v) is 9.01. The minimum Gasteiger partial charge on any atom is -0.462 e. The fraction of sp³-hybridized carbons (Fsp3) is 0.729. The first kappa shape index (κ1) is 72.3. The molecule has 0 bridgehead atoms. The highest BCUT2D eigenvalue weighted by Gasteiger charge is 2.19. The maximum absolute atomic E-state index is 12.9. The van der Waals surface area contributed by atoms with Crippen molar-refractivity contribution in [2.24, 2.45) is 0 Å². The van der Waals surface area contributed by atoms with Gasteiger partial charge in [0.2, 0.25) is 0 Å². The molecule has 0 radical (unpaired) electrons. The number of esters is 3. The van der Waals surface area contributed by atoms with E-state index in [0.717, 1.165) is 122 Å². The van der Waals surface area contributed by atoms with Gasteiger partial charge in [0, 0.05) is 19.3 Å². The van der Waals surface area contributed by atoms with Crippen LogP contribution in [0.25, 0.3) is 0 Å². The van der Waals surface area contributed by atoms with Crippen LogP contribution in [0.1, 0.15) is 310 Å². The first-order valence-corrected chi connectivity index (χ1v) is 32.2. The van der Waals surface area contributed by atoms with Gasteiger partial charge in [-0.05, 0) is 103 Å². The second-order valence-corrected chi connectivity index (χ2v) is 21.3. The molecule has 0 aliphatic carbocycles. The molecule has 76 heavy (non-hydrogen) atoms. The van der Waals surface area contributed by atoms with Crippen molar-refractivity contribution in [2.45, 2.75) is 316 Å². The van der Waals surface area contributed by atoms with Gasteiger partial charge in [0.05, 0.1) is 0 Å². The molecule has 0 rings (SSSR count). The zero-order valence-electron chi connectivity index (χ0n) is 50.0. The maximum atomic E-state index is 12.9. The molecule has 6 nitrogen and oxygen atoms in total. The number of ether oxygens (including phenoxy) is 3. The van der Waals surface area contributed by atoms with Crippen LogP contribution in [0, 0.1) is 0 Å². The predicted octanol–water partition coefficient (Wildman–Crippen LogP) is 22.0. The molecule has 0 saturated heterocycles. The van der Waals surface area contributed by atoms with Crippen LogP contribution in [0.5, 0.6) is 0 Å². The Hall–Kier alpha value is -3.67. The molecule has 436 valence electrons. The lowest BCUT2D eigenvalue weighted by molar-refractivity contribution is -0.167. The van der Waals surface area contributed by atoms with Crippen LogP contribution in [0.4, 0.5) is 0 Å². The minimum absolute atomic E-state index is 0.0827. The third kappa shape index (κ3) is 61.2. The number of carbonyl (C=O) groups excluding carboxylic acids is 3. The Balaban J connectivity index is 4.14. The minimum atomic E-state index is -0.784. The van der Waals surface area contributed by atoms with E-state index >= 15 is 0 Å². The van der Waals surface area contributed by atoms with Crippen molar-refractivity contribution in [2.75, 3.05) is 13.2 Å². The predicted molar refractivity (Wildman–Crippen MR) is 330 cm³/mol. The molecule has 0 spiro atoms. The van der Waals surface area contributed by atoms with Crippen LogP contribution >= 0.6 is 0 Å². The standard InChI is InChI=1S/C70H120O6/c1-4-7-10-13-16-18-20-22-24-26-28-30-32-34-35-37-38-40-42-44-46-48-50-52-54-57-60-63-69(72)75-66-67(65-74-68(71)62-59-56-15-12-9-6-3)76-70(73)64-61-58-55-53-51-49-47-45-43-41-39-36-33-31-29-27-25-23-21-19-17-14-11-8-5-2/h7,10,16,18,22,24,27-30,34-35,38,40,44,46,67H,4-6,8-9,11-15,17,19-21,23,25-26,31-33,36-37,39,41-43,45,47-66H2,1-3H3/b10-7-,18-16-,24-22-,29-27-,30-28-,35-34-,40-38-,46-44-. The Labute approximate surface area is 470 Å². The van der Waals surface area contributed by atoms with Gasteiger partial charge in [0.1, 0.15) is 13.2 Å². The summed E-state index contributed by atoms with van der Waals surface area (Å²) >= 11 is 0. The molecular formula is C70H120O6. The smallest absolute Gasteiger partial charge is 0.306 e. The number of unbranched alkanes of at least 4 members (excludes halogenated alkanes) is 31. The van der Waals surface area contributed by atoms with Gasteiger partial charge in [-0.1, -0.05) is 285 Å². The third-order valence-corrected chi connectivity index (χ3v) is 13.8. The van der Waals surface area contributed by atoms with E-state index in [9.17, 15) is 14.4 Å². The molecule has 0 aromatic heterocycles. The summed E-state index contributed by atoms with van der Waals surface area (Å²) < 4.78 is 16.8. The monoisotopic (exact) mass is 1060 g/mol. The molecular weight excluding hydrogens is 937 g/mol. The quantitative estimate of drug-likeness (QED) is 0.0261. The van der Waals surface area contributed by atoms with Crippen LogP contribution in [-0.2, 0) is 28.6 Å². The number of hydrogen-bond donors (Lipinski definition) is 0. The Kier molecular flexibility index (Phi) is 60.8. The van der Waals surface area contributed by atoms with E-state index in [4.69, 9.17) is 14.2 Å². The SMILES string of the molecule is CC/C=C\C/C=C\C/C=C\C/C=C\C/C=C\C/C=C\C/C=C\CCCCCCCC(=O)OCC(COC(=O)CCCCCCCC)OC(=O)CCCCCCCCCCCCCCC/C=C\CCCCCCCCCC. The van der Waals surface area contributed by atoms with Gasteiger partial charge >= 0.3 is 17.9 Å². The Bertz CT molecular complexity index is 1490. The molecule has 0 aromatic rings. The van der Waals surface area contributed by atoms with E-state index in [-0.39, 0.29) is 31.1 Å². The average Bonchev–Trinajstić information content (AvgIpc) is 3.42. The summed E-state index contributed by atoms with van der Waals surface area (Å²) in [5, 5.41) is 0. The van der Waals surface area contributed by atoms with Crippen molar-refractivity contribution in [1.82, 2.24) is 0 Å². The van der Waals surface area contributed by atoms with Crippen LogP contribution in [0.3, 0.4) is 0 Å². The third-order valence-electron chi connectivity index (χ3n) is 13.8. The highest BCUT2D eigenvalue weighted by Crippen LogP contribution is 2.16. The van der Waals surface area contributed by atoms with Crippen molar-refractivity contribution in [1.29, 1.82) is 0 Å². The maximum Gasteiger partial charge on any atom is 0.306 e. The molecule has 0 aromatic carbocycles. The summed E-state index contributed by atoms with van der Waals surface area (Å²) in [6, 6.07) is 0.